The monoisotopic (exact) mass is 208 g/mol. The highest BCUT2D eigenvalue weighted by atomic mass is 16.3. The van der Waals surface area contributed by atoms with Gasteiger partial charge in [0.25, 0.3) is 0 Å². The fraction of sp³-hybridized carbons (Fsp3) is 0.667. The molecule has 0 unspecified atom stereocenters. The Kier molecular flexibility index (Phi) is 3.44. The van der Waals surface area contributed by atoms with Gasteiger partial charge in [-0.05, 0) is 39.1 Å². The summed E-state index contributed by atoms with van der Waals surface area (Å²) in [6.07, 6.45) is 5.79. The molecule has 0 aromatic carbocycles. The van der Waals surface area contributed by atoms with Crippen LogP contribution in [0.3, 0.4) is 0 Å². The molecule has 2 rings (SSSR count). The summed E-state index contributed by atoms with van der Waals surface area (Å²) in [5.41, 5.74) is 0. The lowest BCUT2D eigenvalue weighted by Gasteiger charge is -2.30. The molecule has 1 fully saturated rings. The summed E-state index contributed by atoms with van der Waals surface area (Å²) in [7, 11) is 4.19. The Hall–Kier alpha value is -0.800. The predicted molar refractivity (Wildman–Crippen MR) is 60.8 cm³/mol. The van der Waals surface area contributed by atoms with Gasteiger partial charge >= 0.3 is 0 Å². The summed E-state index contributed by atoms with van der Waals surface area (Å²) in [5, 5.41) is 3.59. The van der Waals surface area contributed by atoms with Gasteiger partial charge in [-0.2, -0.15) is 0 Å². The van der Waals surface area contributed by atoms with Crippen LogP contribution in [-0.4, -0.2) is 31.6 Å². The van der Waals surface area contributed by atoms with Crippen LogP contribution in [-0.2, 0) is 0 Å². The molecule has 15 heavy (non-hydrogen) atoms. The molecule has 0 spiro atoms. The molecule has 0 bridgehead atoms. The van der Waals surface area contributed by atoms with Crippen molar-refractivity contribution in [1.82, 2.24) is 10.2 Å². The Morgan fingerprint density at radius 2 is 2.33 bits per heavy atom. The third kappa shape index (κ3) is 2.61. The largest absolute Gasteiger partial charge is 0.468 e. The molecule has 0 amide bonds. The summed E-state index contributed by atoms with van der Waals surface area (Å²) in [4.78, 5) is 2.20. The van der Waals surface area contributed by atoms with Crippen LogP contribution in [0.2, 0.25) is 0 Å². The van der Waals surface area contributed by atoms with Crippen LogP contribution >= 0.6 is 0 Å². The Morgan fingerprint density at radius 1 is 1.53 bits per heavy atom. The standard InChI is InChI=1S/C12H20N2O/c1-14(2)11(12-7-4-8-15-12)9-13-10-5-3-6-10/h4,7-8,10-11,13H,3,5-6,9H2,1-2H3/t11-/m1/s1. The summed E-state index contributed by atoms with van der Waals surface area (Å²) in [5.74, 6) is 1.05. The molecule has 1 saturated carbocycles. The van der Waals surface area contributed by atoms with Gasteiger partial charge in [0.05, 0.1) is 12.3 Å². The third-order valence-electron chi connectivity index (χ3n) is 3.20. The number of rotatable bonds is 5. The highest BCUT2D eigenvalue weighted by Crippen LogP contribution is 2.21. The molecule has 1 heterocycles. The third-order valence-corrected chi connectivity index (χ3v) is 3.20. The number of furan rings is 1. The summed E-state index contributed by atoms with van der Waals surface area (Å²) >= 11 is 0. The molecule has 1 aliphatic rings. The summed E-state index contributed by atoms with van der Waals surface area (Å²) < 4.78 is 5.46. The first-order valence-electron chi connectivity index (χ1n) is 5.70. The van der Waals surface area contributed by atoms with E-state index in [4.69, 9.17) is 4.42 Å². The maximum Gasteiger partial charge on any atom is 0.122 e. The van der Waals surface area contributed by atoms with Crippen LogP contribution in [0.15, 0.2) is 22.8 Å². The van der Waals surface area contributed by atoms with Crippen molar-refractivity contribution in [2.45, 2.75) is 31.3 Å². The summed E-state index contributed by atoms with van der Waals surface area (Å²) in [6, 6.07) is 5.09. The second-order valence-corrected chi connectivity index (χ2v) is 4.53. The van der Waals surface area contributed by atoms with E-state index >= 15 is 0 Å². The van der Waals surface area contributed by atoms with Gasteiger partial charge in [0.15, 0.2) is 0 Å². The van der Waals surface area contributed by atoms with Crippen LogP contribution in [0, 0.1) is 0 Å². The maximum absolute atomic E-state index is 5.46. The van der Waals surface area contributed by atoms with Crippen molar-refractivity contribution in [3.8, 4) is 0 Å². The van der Waals surface area contributed by atoms with E-state index in [2.05, 4.69) is 24.3 Å². The second-order valence-electron chi connectivity index (χ2n) is 4.53. The minimum Gasteiger partial charge on any atom is -0.468 e. The molecule has 84 valence electrons. The van der Waals surface area contributed by atoms with Gasteiger partial charge in [0.2, 0.25) is 0 Å². The number of nitrogens with one attached hydrogen (secondary N) is 1. The number of likely N-dealkylation sites (N-methyl/N-ethyl adjacent to an activating group) is 1. The molecule has 1 N–H and O–H groups in total. The predicted octanol–water partition coefficient (Wildman–Crippen LogP) is 2.02. The van der Waals surface area contributed by atoms with Gasteiger partial charge in [-0.3, -0.25) is 4.90 Å². The zero-order chi connectivity index (χ0) is 10.7. The fourth-order valence-electron chi connectivity index (χ4n) is 1.91. The van der Waals surface area contributed by atoms with Crippen molar-refractivity contribution in [3.63, 3.8) is 0 Å². The van der Waals surface area contributed by atoms with Crippen molar-refractivity contribution in [2.24, 2.45) is 0 Å². The molecular weight excluding hydrogens is 188 g/mol. The minimum absolute atomic E-state index is 0.348. The van der Waals surface area contributed by atoms with Gasteiger partial charge in [-0.25, -0.2) is 0 Å². The first-order valence-corrected chi connectivity index (χ1v) is 5.70. The van der Waals surface area contributed by atoms with Gasteiger partial charge < -0.3 is 9.73 Å². The summed E-state index contributed by atoms with van der Waals surface area (Å²) in [6.45, 7) is 0.977. The van der Waals surface area contributed by atoms with Gasteiger partial charge in [0, 0.05) is 12.6 Å². The van der Waals surface area contributed by atoms with Gasteiger partial charge in [0.1, 0.15) is 5.76 Å². The van der Waals surface area contributed by atoms with Crippen molar-refractivity contribution in [2.75, 3.05) is 20.6 Å². The topological polar surface area (TPSA) is 28.4 Å². The first-order chi connectivity index (χ1) is 7.27. The number of hydrogen-bond acceptors (Lipinski definition) is 3. The fourth-order valence-corrected chi connectivity index (χ4v) is 1.91. The second kappa shape index (κ2) is 4.81. The van der Waals surface area contributed by atoms with E-state index in [0.29, 0.717) is 6.04 Å². The number of hydrogen-bond donors (Lipinski definition) is 1. The molecule has 0 saturated heterocycles. The van der Waals surface area contributed by atoms with E-state index in [9.17, 15) is 0 Å². The SMILES string of the molecule is CN(C)[C@H](CNC1CCC1)c1ccco1. The maximum atomic E-state index is 5.46. The molecule has 1 aliphatic carbocycles. The van der Waals surface area contributed by atoms with E-state index < -0.39 is 0 Å². The van der Waals surface area contributed by atoms with Crippen molar-refractivity contribution >= 4 is 0 Å². The van der Waals surface area contributed by atoms with E-state index in [-0.39, 0.29) is 0 Å². The lowest BCUT2D eigenvalue weighted by molar-refractivity contribution is 0.227. The number of nitrogens with zero attached hydrogens (tertiary/aromatic N) is 1. The average molecular weight is 208 g/mol. The van der Waals surface area contributed by atoms with E-state index in [0.717, 1.165) is 18.3 Å². The lowest BCUT2D eigenvalue weighted by Crippen LogP contribution is -2.40. The molecule has 1 aromatic rings. The van der Waals surface area contributed by atoms with Crippen LogP contribution < -0.4 is 5.32 Å². The highest BCUT2D eigenvalue weighted by Gasteiger charge is 2.21. The van der Waals surface area contributed by atoms with Crippen molar-refractivity contribution in [3.05, 3.63) is 24.2 Å². The van der Waals surface area contributed by atoms with Crippen LogP contribution in [0.1, 0.15) is 31.1 Å². The highest BCUT2D eigenvalue weighted by molar-refractivity contribution is 5.05. The molecular formula is C12H20N2O. The Morgan fingerprint density at radius 3 is 2.80 bits per heavy atom. The Balaban J connectivity index is 1.88. The van der Waals surface area contributed by atoms with Crippen molar-refractivity contribution < 1.29 is 4.42 Å². The first kappa shape index (κ1) is 10.7. The van der Waals surface area contributed by atoms with Gasteiger partial charge in [-0.15, -0.1) is 0 Å². The zero-order valence-corrected chi connectivity index (χ0v) is 9.57. The average Bonchev–Trinajstić information content (AvgIpc) is 2.61. The van der Waals surface area contributed by atoms with Crippen LogP contribution in [0.4, 0.5) is 0 Å². The minimum atomic E-state index is 0.348. The van der Waals surface area contributed by atoms with E-state index in [1.54, 1.807) is 6.26 Å². The normalized spacial score (nSPS) is 19.1. The molecule has 1 atom stereocenters. The Bertz CT molecular complexity index is 278. The molecule has 1 aromatic heterocycles. The molecule has 0 radical (unpaired) electrons. The molecule has 3 nitrogen and oxygen atoms in total. The van der Waals surface area contributed by atoms with Gasteiger partial charge in [-0.1, -0.05) is 6.42 Å². The lowest BCUT2D eigenvalue weighted by atomic mass is 9.93. The van der Waals surface area contributed by atoms with Crippen molar-refractivity contribution in [1.29, 1.82) is 0 Å². The van der Waals surface area contributed by atoms with Crippen LogP contribution in [0.5, 0.6) is 0 Å². The Labute approximate surface area is 91.4 Å². The molecule has 3 heteroatoms. The molecule has 0 aliphatic heterocycles. The van der Waals surface area contributed by atoms with Crippen LogP contribution in [0.25, 0.3) is 0 Å². The van der Waals surface area contributed by atoms with E-state index in [1.165, 1.54) is 19.3 Å². The smallest absolute Gasteiger partial charge is 0.122 e. The zero-order valence-electron chi connectivity index (χ0n) is 9.57. The quantitative estimate of drug-likeness (QED) is 0.802. The van der Waals surface area contributed by atoms with E-state index in [1.807, 2.05) is 12.1 Å².